The molecule has 1 aliphatic heterocycles. The van der Waals surface area contributed by atoms with E-state index in [1.54, 1.807) is 36.4 Å². The third kappa shape index (κ3) is 6.89. The minimum absolute atomic E-state index is 0.0184. The third-order valence-corrected chi connectivity index (χ3v) is 6.33. The molecular weight excluding hydrogens is 422 g/mol. The number of amidine groups is 1. The number of carbonyl (C=O) groups excluding carboxylic acids is 2. The van der Waals surface area contributed by atoms with E-state index in [0.717, 1.165) is 31.2 Å². The molecule has 1 heterocycles. The standard InChI is InChI=1S/C24H33N5O4/c25-22(26)18-10-8-17(9-11-18)14-28-23(32)20-7-4-12-29(20)24(33)19(27-15-21(30)31)13-16-5-2-1-3-6-16/h4,7-11,16,19-20,27H,1-3,5-6,12-15H2,(H3,25,26)(H,28,32)(H,30,31). The Balaban J connectivity index is 1.61. The van der Waals surface area contributed by atoms with Gasteiger partial charge in [0, 0.05) is 18.7 Å². The molecule has 2 amide bonds. The highest BCUT2D eigenvalue weighted by molar-refractivity contribution is 5.95. The lowest BCUT2D eigenvalue weighted by molar-refractivity contribution is -0.140. The zero-order chi connectivity index (χ0) is 23.8. The van der Waals surface area contributed by atoms with Crippen molar-refractivity contribution >= 4 is 23.6 Å². The molecule has 1 fully saturated rings. The van der Waals surface area contributed by atoms with Crippen molar-refractivity contribution < 1.29 is 19.5 Å². The summed E-state index contributed by atoms with van der Waals surface area (Å²) < 4.78 is 0. The molecule has 1 aromatic carbocycles. The maximum atomic E-state index is 13.3. The van der Waals surface area contributed by atoms with E-state index in [9.17, 15) is 14.4 Å². The van der Waals surface area contributed by atoms with Gasteiger partial charge in [0.25, 0.3) is 0 Å². The van der Waals surface area contributed by atoms with E-state index in [1.165, 1.54) is 11.3 Å². The summed E-state index contributed by atoms with van der Waals surface area (Å²) in [4.78, 5) is 38.8. The van der Waals surface area contributed by atoms with E-state index < -0.39 is 18.1 Å². The number of carboxylic acid groups (broad SMARTS) is 1. The number of nitrogen functional groups attached to an aromatic ring is 1. The molecule has 178 valence electrons. The van der Waals surface area contributed by atoms with Gasteiger partial charge in [-0.2, -0.15) is 0 Å². The van der Waals surface area contributed by atoms with Crippen LogP contribution in [-0.2, 0) is 20.9 Å². The first kappa shape index (κ1) is 24.4. The lowest BCUT2D eigenvalue weighted by Crippen LogP contribution is -2.53. The van der Waals surface area contributed by atoms with E-state index in [-0.39, 0.29) is 30.7 Å². The van der Waals surface area contributed by atoms with Gasteiger partial charge in [-0.15, -0.1) is 0 Å². The van der Waals surface area contributed by atoms with Crippen LogP contribution in [0.1, 0.15) is 49.7 Å². The second-order valence-corrected chi connectivity index (χ2v) is 8.76. The molecule has 0 bridgehead atoms. The molecule has 0 spiro atoms. The summed E-state index contributed by atoms with van der Waals surface area (Å²) in [7, 11) is 0. The van der Waals surface area contributed by atoms with Gasteiger partial charge in [0.2, 0.25) is 11.8 Å². The van der Waals surface area contributed by atoms with E-state index in [0.29, 0.717) is 24.4 Å². The maximum absolute atomic E-state index is 13.3. The van der Waals surface area contributed by atoms with Gasteiger partial charge in [-0.25, -0.2) is 0 Å². The van der Waals surface area contributed by atoms with Gasteiger partial charge in [-0.1, -0.05) is 68.5 Å². The first-order valence-corrected chi connectivity index (χ1v) is 11.5. The normalized spacial score (nSPS) is 19.3. The summed E-state index contributed by atoms with van der Waals surface area (Å²) in [6.45, 7) is 0.309. The Labute approximate surface area is 193 Å². The maximum Gasteiger partial charge on any atom is 0.317 e. The molecule has 1 aromatic rings. The van der Waals surface area contributed by atoms with Crippen LogP contribution >= 0.6 is 0 Å². The van der Waals surface area contributed by atoms with Gasteiger partial charge in [0.05, 0.1) is 12.6 Å². The average molecular weight is 456 g/mol. The van der Waals surface area contributed by atoms with Crippen LogP contribution in [0.2, 0.25) is 0 Å². The van der Waals surface area contributed by atoms with Gasteiger partial charge >= 0.3 is 5.97 Å². The lowest BCUT2D eigenvalue weighted by Gasteiger charge is -2.31. The van der Waals surface area contributed by atoms with Gasteiger partial charge in [0.1, 0.15) is 11.9 Å². The fourth-order valence-electron chi connectivity index (χ4n) is 4.51. The minimum Gasteiger partial charge on any atom is -0.480 e. The molecule has 2 aliphatic rings. The second kappa shape index (κ2) is 11.6. The Morgan fingerprint density at radius 1 is 1.15 bits per heavy atom. The fourth-order valence-corrected chi connectivity index (χ4v) is 4.51. The SMILES string of the molecule is N=C(N)c1ccc(CNC(=O)C2C=CCN2C(=O)C(CC2CCCCC2)NCC(=O)O)cc1. The highest BCUT2D eigenvalue weighted by atomic mass is 16.4. The van der Waals surface area contributed by atoms with Gasteiger partial charge in [-0.3, -0.25) is 25.1 Å². The summed E-state index contributed by atoms with van der Waals surface area (Å²) in [6.07, 6.45) is 9.64. The summed E-state index contributed by atoms with van der Waals surface area (Å²) >= 11 is 0. The molecule has 2 unspecified atom stereocenters. The summed E-state index contributed by atoms with van der Waals surface area (Å²) in [6, 6.07) is 5.67. The third-order valence-electron chi connectivity index (χ3n) is 6.33. The molecule has 0 radical (unpaired) electrons. The molecule has 6 N–H and O–H groups in total. The lowest BCUT2D eigenvalue weighted by atomic mass is 9.84. The number of hydrogen-bond donors (Lipinski definition) is 5. The second-order valence-electron chi connectivity index (χ2n) is 8.76. The van der Waals surface area contributed by atoms with Crippen LogP contribution in [-0.4, -0.2) is 58.8 Å². The number of carboxylic acids is 1. The number of aliphatic carboxylic acids is 1. The van der Waals surface area contributed by atoms with Crippen molar-refractivity contribution in [3.63, 3.8) is 0 Å². The van der Waals surface area contributed by atoms with E-state index >= 15 is 0 Å². The van der Waals surface area contributed by atoms with Crippen LogP contribution in [0.5, 0.6) is 0 Å². The largest absolute Gasteiger partial charge is 0.480 e. The summed E-state index contributed by atoms with van der Waals surface area (Å²) in [5.74, 6) is -1.17. The van der Waals surface area contributed by atoms with Crippen molar-refractivity contribution in [2.24, 2.45) is 11.7 Å². The average Bonchev–Trinajstić information content (AvgIpc) is 3.30. The van der Waals surface area contributed by atoms with Crippen molar-refractivity contribution in [2.45, 2.75) is 57.2 Å². The molecule has 0 saturated heterocycles. The molecule has 9 heteroatoms. The summed E-state index contributed by atoms with van der Waals surface area (Å²) in [5, 5.41) is 22.3. The number of nitrogens with one attached hydrogen (secondary N) is 3. The Bertz CT molecular complexity index is 893. The first-order valence-electron chi connectivity index (χ1n) is 11.5. The summed E-state index contributed by atoms with van der Waals surface area (Å²) in [5.41, 5.74) is 6.93. The predicted octanol–water partition coefficient (Wildman–Crippen LogP) is 1.37. The van der Waals surface area contributed by atoms with Gasteiger partial charge in [-0.05, 0) is 17.9 Å². The van der Waals surface area contributed by atoms with Crippen molar-refractivity contribution in [1.82, 2.24) is 15.5 Å². The Hall–Kier alpha value is -3.20. The van der Waals surface area contributed by atoms with E-state index in [2.05, 4.69) is 10.6 Å². The molecule has 2 atom stereocenters. The van der Waals surface area contributed by atoms with Crippen LogP contribution in [0.3, 0.4) is 0 Å². The number of benzene rings is 1. The fraction of sp³-hybridized carbons (Fsp3) is 0.500. The molecule has 1 saturated carbocycles. The Morgan fingerprint density at radius 2 is 1.85 bits per heavy atom. The van der Waals surface area contributed by atoms with Crippen molar-refractivity contribution in [3.8, 4) is 0 Å². The van der Waals surface area contributed by atoms with Crippen LogP contribution in [0.4, 0.5) is 0 Å². The highest BCUT2D eigenvalue weighted by Gasteiger charge is 2.35. The monoisotopic (exact) mass is 455 g/mol. The predicted molar refractivity (Wildman–Crippen MR) is 125 cm³/mol. The Kier molecular flexibility index (Phi) is 8.59. The van der Waals surface area contributed by atoms with Crippen molar-refractivity contribution in [1.29, 1.82) is 5.41 Å². The minimum atomic E-state index is -1.01. The number of nitrogens with zero attached hydrogens (tertiary/aromatic N) is 1. The zero-order valence-electron chi connectivity index (χ0n) is 18.8. The van der Waals surface area contributed by atoms with Gasteiger partial charge < -0.3 is 21.1 Å². The molecule has 9 nitrogen and oxygen atoms in total. The molecule has 33 heavy (non-hydrogen) atoms. The molecule has 3 rings (SSSR count). The highest BCUT2D eigenvalue weighted by Crippen LogP contribution is 2.28. The molecular formula is C24H33N5O4. The smallest absolute Gasteiger partial charge is 0.317 e. The van der Waals surface area contributed by atoms with Crippen LogP contribution < -0.4 is 16.4 Å². The Morgan fingerprint density at radius 3 is 2.48 bits per heavy atom. The number of hydrogen-bond acceptors (Lipinski definition) is 5. The van der Waals surface area contributed by atoms with E-state index in [4.69, 9.17) is 16.2 Å². The molecule has 0 aromatic heterocycles. The van der Waals surface area contributed by atoms with Crippen LogP contribution in [0.15, 0.2) is 36.4 Å². The number of carbonyl (C=O) groups is 3. The quantitative estimate of drug-likeness (QED) is 0.204. The van der Waals surface area contributed by atoms with Crippen LogP contribution in [0, 0.1) is 11.3 Å². The number of rotatable bonds is 10. The topological polar surface area (TPSA) is 149 Å². The first-order chi connectivity index (χ1) is 15.8. The van der Waals surface area contributed by atoms with Crippen LogP contribution in [0.25, 0.3) is 0 Å². The van der Waals surface area contributed by atoms with Gasteiger partial charge in [0.15, 0.2) is 0 Å². The van der Waals surface area contributed by atoms with E-state index in [1.807, 2.05) is 0 Å². The number of nitrogens with two attached hydrogens (primary N) is 1. The van der Waals surface area contributed by atoms with Crippen molar-refractivity contribution in [2.75, 3.05) is 13.1 Å². The zero-order valence-corrected chi connectivity index (χ0v) is 18.8. The molecule has 1 aliphatic carbocycles. The number of amides is 2. The van der Waals surface area contributed by atoms with Crippen molar-refractivity contribution in [3.05, 3.63) is 47.5 Å².